The second-order valence-electron chi connectivity index (χ2n) is 3.44. The molecule has 2 nitrogen and oxygen atoms in total. The number of hydrogen-bond donors (Lipinski definition) is 1. The lowest BCUT2D eigenvalue weighted by Crippen LogP contribution is -1.98. The van der Waals surface area contributed by atoms with Crippen LogP contribution in [0.4, 0.5) is 0 Å². The third-order valence-corrected chi connectivity index (χ3v) is 3.36. The predicted octanol–water partition coefficient (Wildman–Crippen LogP) is 2.91. The van der Waals surface area contributed by atoms with Crippen LogP contribution in [0, 0.1) is 0 Å². The topological polar surface area (TPSA) is 37.3 Å². The molecule has 1 N–H and O–H groups in total. The number of carboxylic acid groups (broad SMARTS) is 1. The third kappa shape index (κ3) is 2.42. The van der Waals surface area contributed by atoms with E-state index in [0.29, 0.717) is 5.56 Å². The maximum absolute atomic E-state index is 10.7. The predicted molar refractivity (Wildman–Crippen MR) is 63.3 cm³/mol. The molecular formula is C12H12O2S. The van der Waals surface area contributed by atoms with E-state index in [-0.39, 0.29) is 0 Å². The number of carboxylic acids is 1. The van der Waals surface area contributed by atoms with E-state index in [2.05, 4.69) is 6.08 Å². The van der Waals surface area contributed by atoms with E-state index in [4.69, 9.17) is 5.11 Å². The maximum atomic E-state index is 10.7. The molecule has 0 saturated carbocycles. The normalized spacial score (nSPS) is 15.9. The molecule has 0 radical (unpaired) electrons. The largest absolute Gasteiger partial charge is 0.478 e. The Kier molecular flexibility index (Phi) is 3.11. The van der Waals surface area contributed by atoms with Gasteiger partial charge in [0.15, 0.2) is 0 Å². The van der Waals surface area contributed by atoms with E-state index in [1.807, 2.05) is 23.9 Å². The molecule has 1 aliphatic heterocycles. The maximum Gasteiger partial charge on any atom is 0.335 e. The fourth-order valence-electron chi connectivity index (χ4n) is 1.62. The molecule has 0 bridgehead atoms. The van der Waals surface area contributed by atoms with Crippen molar-refractivity contribution in [3.05, 3.63) is 41.5 Å². The number of benzene rings is 1. The van der Waals surface area contributed by atoms with E-state index in [9.17, 15) is 4.79 Å². The monoisotopic (exact) mass is 220 g/mol. The van der Waals surface area contributed by atoms with E-state index >= 15 is 0 Å². The minimum absolute atomic E-state index is 0.351. The highest BCUT2D eigenvalue weighted by Crippen LogP contribution is 2.25. The zero-order chi connectivity index (χ0) is 10.7. The molecule has 78 valence electrons. The summed E-state index contributed by atoms with van der Waals surface area (Å²) in [7, 11) is 0. The average molecular weight is 220 g/mol. The first-order valence-electron chi connectivity index (χ1n) is 4.88. The van der Waals surface area contributed by atoms with Crippen LogP contribution in [-0.2, 0) is 0 Å². The van der Waals surface area contributed by atoms with Crippen molar-refractivity contribution in [1.82, 2.24) is 0 Å². The lowest BCUT2D eigenvalue weighted by molar-refractivity contribution is 0.0697. The van der Waals surface area contributed by atoms with Gasteiger partial charge in [-0.1, -0.05) is 18.2 Å². The highest BCUT2D eigenvalue weighted by atomic mass is 32.2. The minimum Gasteiger partial charge on any atom is -0.478 e. The van der Waals surface area contributed by atoms with Gasteiger partial charge in [-0.05, 0) is 35.4 Å². The molecule has 0 spiro atoms. The fraction of sp³-hybridized carbons (Fsp3) is 0.250. The van der Waals surface area contributed by atoms with Crippen LogP contribution in [0.5, 0.6) is 0 Å². The quantitative estimate of drug-likeness (QED) is 0.832. The molecule has 1 aromatic rings. The number of rotatable bonds is 2. The van der Waals surface area contributed by atoms with Gasteiger partial charge in [-0.2, -0.15) is 11.8 Å². The first-order valence-corrected chi connectivity index (χ1v) is 6.03. The highest BCUT2D eigenvalue weighted by molar-refractivity contribution is 7.99. The molecule has 1 heterocycles. The summed E-state index contributed by atoms with van der Waals surface area (Å²) in [6, 6.07) is 7.12. The summed E-state index contributed by atoms with van der Waals surface area (Å²) in [5, 5.41) is 8.77. The lowest BCUT2D eigenvalue weighted by Gasteiger charge is -2.12. The molecule has 2 rings (SSSR count). The van der Waals surface area contributed by atoms with Crippen molar-refractivity contribution in [3.8, 4) is 0 Å². The molecule has 1 aromatic carbocycles. The molecule has 0 saturated heterocycles. The number of carbonyl (C=O) groups is 1. The van der Waals surface area contributed by atoms with Crippen LogP contribution in [-0.4, -0.2) is 22.6 Å². The summed E-state index contributed by atoms with van der Waals surface area (Å²) in [5.74, 6) is 1.36. The van der Waals surface area contributed by atoms with Gasteiger partial charge in [0, 0.05) is 5.75 Å². The van der Waals surface area contributed by atoms with E-state index in [0.717, 1.165) is 23.5 Å². The summed E-state index contributed by atoms with van der Waals surface area (Å²) in [6.45, 7) is 0. The number of thioether (sulfide) groups is 1. The van der Waals surface area contributed by atoms with Gasteiger partial charge in [0.25, 0.3) is 0 Å². The van der Waals surface area contributed by atoms with Crippen molar-refractivity contribution in [2.75, 3.05) is 11.5 Å². The Morgan fingerprint density at radius 2 is 2.00 bits per heavy atom. The number of allylic oxidation sites excluding steroid dienone is 1. The van der Waals surface area contributed by atoms with Gasteiger partial charge in [-0.3, -0.25) is 0 Å². The van der Waals surface area contributed by atoms with Gasteiger partial charge in [0.2, 0.25) is 0 Å². The number of hydrogen-bond acceptors (Lipinski definition) is 2. The van der Waals surface area contributed by atoms with E-state index in [1.165, 1.54) is 5.57 Å². The molecule has 0 aromatic heterocycles. The summed E-state index contributed by atoms with van der Waals surface area (Å²) in [5.41, 5.74) is 2.84. The van der Waals surface area contributed by atoms with Crippen LogP contribution >= 0.6 is 11.8 Å². The molecule has 0 amide bonds. The van der Waals surface area contributed by atoms with Crippen LogP contribution in [0.15, 0.2) is 30.3 Å². The SMILES string of the molecule is O=C(O)c1ccc(C2=CCSCC2)cc1. The van der Waals surface area contributed by atoms with Gasteiger partial charge in [0.1, 0.15) is 0 Å². The summed E-state index contributed by atoms with van der Waals surface area (Å²) in [6.07, 6.45) is 3.31. The lowest BCUT2D eigenvalue weighted by atomic mass is 10.0. The minimum atomic E-state index is -0.866. The summed E-state index contributed by atoms with van der Waals surface area (Å²) >= 11 is 1.93. The first-order chi connectivity index (χ1) is 7.27. The Bertz CT molecular complexity index is 393. The van der Waals surface area contributed by atoms with Gasteiger partial charge in [-0.15, -0.1) is 0 Å². The van der Waals surface area contributed by atoms with Gasteiger partial charge >= 0.3 is 5.97 Å². The highest BCUT2D eigenvalue weighted by Gasteiger charge is 2.07. The van der Waals surface area contributed by atoms with Crippen molar-refractivity contribution in [1.29, 1.82) is 0 Å². The second-order valence-corrected chi connectivity index (χ2v) is 4.59. The molecule has 1 aliphatic rings. The Hall–Kier alpha value is -1.22. The van der Waals surface area contributed by atoms with Crippen LogP contribution in [0.1, 0.15) is 22.3 Å². The Balaban J connectivity index is 2.23. The summed E-state index contributed by atoms with van der Waals surface area (Å²) in [4.78, 5) is 10.7. The van der Waals surface area contributed by atoms with Crippen molar-refractivity contribution in [2.24, 2.45) is 0 Å². The molecule has 0 unspecified atom stereocenters. The summed E-state index contributed by atoms with van der Waals surface area (Å²) < 4.78 is 0. The van der Waals surface area contributed by atoms with Gasteiger partial charge < -0.3 is 5.11 Å². The number of aromatic carboxylic acids is 1. The van der Waals surface area contributed by atoms with Crippen LogP contribution in [0.2, 0.25) is 0 Å². The zero-order valence-corrected chi connectivity index (χ0v) is 9.09. The first kappa shape index (κ1) is 10.3. The molecular weight excluding hydrogens is 208 g/mol. The van der Waals surface area contributed by atoms with Crippen molar-refractivity contribution in [2.45, 2.75) is 6.42 Å². The van der Waals surface area contributed by atoms with E-state index < -0.39 is 5.97 Å². The molecule has 0 fully saturated rings. The van der Waals surface area contributed by atoms with Crippen LogP contribution < -0.4 is 0 Å². The van der Waals surface area contributed by atoms with Crippen molar-refractivity contribution in [3.63, 3.8) is 0 Å². The van der Waals surface area contributed by atoms with Gasteiger partial charge in [0.05, 0.1) is 5.56 Å². The molecule has 0 aliphatic carbocycles. The Morgan fingerprint density at radius 3 is 2.53 bits per heavy atom. The van der Waals surface area contributed by atoms with Crippen molar-refractivity contribution >= 4 is 23.3 Å². The third-order valence-electron chi connectivity index (χ3n) is 2.47. The fourth-order valence-corrected chi connectivity index (χ4v) is 2.47. The zero-order valence-electron chi connectivity index (χ0n) is 8.27. The Morgan fingerprint density at radius 1 is 1.27 bits per heavy atom. The smallest absolute Gasteiger partial charge is 0.335 e. The van der Waals surface area contributed by atoms with Crippen LogP contribution in [0.3, 0.4) is 0 Å². The average Bonchev–Trinajstić information content (AvgIpc) is 2.30. The van der Waals surface area contributed by atoms with E-state index in [1.54, 1.807) is 12.1 Å². The van der Waals surface area contributed by atoms with Gasteiger partial charge in [-0.25, -0.2) is 4.79 Å². The van der Waals surface area contributed by atoms with Crippen LogP contribution in [0.25, 0.3) is 5.57 Å². The molecule has 15 heavy (non-hydrogen) atoms. The second kappa shape index (κ2) is 4.53. The Labute approximate surface area is 93.0 Å². The molecule has 3 heteroatoms. The standard InChI is InChI=1S/C12H12O2S/c13-12(14)11-3-1-9(2-4-11)10-5-7-15-8-6-10/h1-5H,6-8H2,(H,13,14). The molecule has 0 atom stereocenters. The van der Waals surface area contributed by atoms with Crippen molar-refractivity contribution < 1.29 is 9.90 Å².